The first-order valence-electron chi connectivity index (χ1n) is 8.29. The van der Waals surface area contributed by atoms with E-state index in [0.717, 1.165) is 0 Å². The Morgan fingerprint density at radius 3 is 2.65 bits per heavy atom. The number of nitrogens with one attached hydrogen (secondary N) is 1. The molecule has 9 heteroatoms. The maximum absolute atomic E-state index is 12.6. The Hall–Kier alpha value is -2.42. The van der Waals surface area contributed by atoms with Crippen LogP contribution in [0, 0.1) is 5.92 Å². The molecule has 1 aromatic carbocycles. The molecule has 0 saturated carbocycles. The van der Waals surface area contributed by atoms with Crippen molar-refractivity contribution in [3.63, 3.8) is 0 Å². The highest BCUT2D eigenvalue weighted by Crippen LogP contribution is 2.27. The third-order valence-corrected chi connectivity index (χ3v) is 6.52. The maximum Gasteiger partial charge on any atom is 0.339 e. The van der Waals surface area contributed by atoms with E-state index in [9.17, 15) is 22.8 Å². The molecule has 2 aliphatic heterocycles. The maximum atomic E-state index is 12.6. The van der Waals surface area contributed by atoms with Gasteiger partial charge in [0.15, 0.2) is 9.84 Å². The van der Waals surface area contributed by atoms with Gasteiger partial charge in [0.2, 0.25) is 11.8 Å². The second-order valence-corrected chi connectivity index (χ2v) is 8.76. The number of rotatable bonds is 4. The Balaban J connectivity index is 1.69. The fourth-order valence-electron chi connectivity index (χ4n) is 3.40. The van der Waals surface area contributed by atoms with Crippen molar-refractivity contribution in [1.82, 2.24) is 4.90 Å². The topological polar surface area (TPSA) is 110 Å². The summed E-state index contributed by atoms with van der Waals surface area (Å²) in [6.07, 6.45) is 0.441. The fourth-order valence-corrected chi connectivity index (χ4v) is 5.13. The van der Waals surface area contributed by atoms with Gasteiger partial charge in [0.05, 0.1) is 35.8 Å². The van der Waals surface area contributed by atoms with E-state index in [-0.39, 0.29) is 47.9 Å². The highest BCUT2D eigenvalue weighted by atomic mass is 32.2. The van der Waals surface area contributed by atoms with E-state index in [1.807, 2.05) is 0 Å². The standard InChI is InChI=1S/C17H20N2O6S/c1-25-17(22)13-4-2-3-5-14(13)18-16(21)11-8-15(20)19(9-11)12-6-7-26(23,24)10-12/h2-5,11-12H,6-10H2,1H3,(H,18,21). The van der Waals surface area contributed by atoms with E-state index in [4.69, 9.17) is 4.74 Å². The number of carbonyl (C=O) groups is 3. The molecule has 2 atom stereocenters. The van der Waals surface area contributed by atoms with Gasteiger partial charge in [0.1, 0.15) is 0 Å². The molecule has 0 aliphatic carbocycles. The summed E-state index contributed by atoms with van der Waals surface area (Å²) < 4.78 is 28.0. The number of amides is 2. The minimum atomic E-state index is -3.11. The summed E-state index contributed by atoms with van der Waals surface area (Å²) in [7, 11) is -1.85. The number of nitrogens with zero attached hydrogens (tertiary/aromatic N) is 1. The SMILES string of the molecule is COC(=O)c1ccccc1NC(=O)C1CC(=O)N(C2CCS(=O)(=O)C2)C1. The van der Waals surface area contributed by atoms with Crippen LogP contribution in [0.25, 0.3) is 0 Å². The van der Waals surface area contributed by atoms with E-state index < -0.39 is 21.7 Å². The number of benzene rings is 1. The molecule has 140 valence electrons. The number of esters is 1. The lowest BCUT2D eigenvalue weighted by Gasteiger charge is -2.23. The Morgan fingerprint density at radius 2 is 2.00 bits per heavy atom. The summed E-state index contributed by atoms with van der Waals surface area (Å²) in [6, 6.07) is 6.10. The molecular formula is C17H20N2O6S. The van der Waals surface area contributed by atoms with Crippen LogP contribution in [-0.4, -0.2) is 62.3 Å². The summed E-state index contributed by atoms with van der Waals surface area (Å²) in [5.41, 5.74) is 0.546. The van der Waals surface area contributed by atoms with Crippen LogP contribution in [-0.2, 0) is 24.2 Å². The third-order valence-electron chi connectivity index (χ3n) is 4.77. The second kappa shape index (κ2) is 7.06. The zero-order valence-electron chi connectivity index (χ0n) is 14.3. The van der Waals surface area contributed by atoms with Crippen molar-refractivity contribution in [3.8, 4) is 0 Å². The molecule has 1 aromatic rings. The molecule has 26 heavy (non-hydrogen) atoms. The highest BCUT2D eigenvalue weighted by Gasteiger charge is 2.42. The number of likely N-dealkylation sites (tertiary alicyclic amines) is 1. The monoisotopic (exact) mass is 380 g/mol. The average Bonchev–Trinajstić information content (AvgIpc) is 3.16. The van der Waals surface area contributed by atoms with Gasteiger partial charge in [-0.05, 0) is 18.6 Å². The fraction of sp³-hybridized carbons (Fsp3) is 0.471. The second-order valence-electron chi connectivity index (χ2n) is 6.53. The van der Waals surface area contributed by atoms with Gasteiger partial charge in [-0.3, -0.25) is 9.59 Å². The van der Waals surface area contributed by atoms with Crippen LogP contribution in [0.5, 0.6) is 0 Å². The van der Waals surface area contributed by atoms with Crippen LogP contribution in [0.1, 0.15) is 23.2 Å². The lowest BCUT2D eigenvalue weighted by molar-refractivity contribution is -0.129. The summed E-state index contributed by atoms with van der Waals surface area (Å²) >= 11 is 0. The van der Waals surface area contributed by atoms with Crippen LogP contribution in [0.15, 0.2) is 24.3 Å². The number of methoxy groups -OCH3 is 1. The van der Waals surface area contributed by atoms with E-state index >= 15 is 0 Å². The number of hydrogen-bond acceptors (Lipinski definition) is 6. The summed E-state index contributed by atoms with van der Waals surface area (Å²) in [5, 5.41) is 2.68. The molecule has 0 spiro atoms. The van der Waals surface area contributed by atoms with Gasteiger partial charge in [-0.2, -0.15) is 0 Å². The molecule has 0 aromatic heterocycles. The molecule has 2 amide bonds. The molecular weight excluding hydrogens is 360 g/mol. The van der Waals surface area contributed by atoms with E-state index in [0.29, 0.717) is 12.1 Å². The van der Waals surface area contributed by atoms with Gasteiger partial charge >= 0.3 is 5.97 Å². The lowest BCUT2D eigenvalue weighted by atomic mass is 10.1. The van der Waals surface area contributed by atoms with E-state index in [1.165, 1.54) is 18.1 Å². The first kappa shape index (κ1) is 18.4. The van der Waals surface area contributed by atoms with Crippen molar-refractivity contribution in [2.75, 3.05) is 30.5 Å². The highest BCUT2D eigenvalue weighted by molar-refractivity contribution is 7.91. The van der Waals surface area contributed by atoms with Gasteiger partial charge in [0, 0.05) is 19.0 Å². The van der Waals surface area contributed by atoms with Crippen LogP contribution in [0.3, 0.4) is 0 Å². The predicted octanol–water partition coefficient (Wildman–Crippen LogP) is 0.447. The Morgan fingerprint density at radius 1 is 1.27 bits per heavy atom. The van der Waals surface area contributed by atoms with Crippen molar-refractivity contribution >= 4 is 33.3 Å². The number of ether oxygens (including phenoxy) is 1. The molecule has 2 fully saturated rings. The lowest BCUT2D eigenvalue weighted by Crippen LogP contribution is -2.38. The minimum absolute atomic E-state index is 0.0305. The number of hydrogen-bond donors (Lipinski definition) is 1. The van der Waals surface area contributed by atoms with Crippen molar-refractivity contribution < 1.29 is 27.5 Å². The van der Waals surface area contributed by atoms with Gasteiger partial charge in [0.25, 0.3) is 0 Å². The molecule has 2 aliphatic rings. The Labute approximate surface area is 151 Å². The first-order valence-corrected chi connectivity index (χ1v) is 10.1. The molecule has 1 N–H and O–H groups in total. The molecule has 3 rings (SSSR count). The smallest absolute Gasteiger partial charge is 0.339 e. The Kier molecular flexibility index (Phi) is 4.99. The summed E-state index contributed by atoms with van der Waals surface area (Å²) in [6.45, 7) is 0.186. The first-order chi connectivity index (χ1) is 12.3. The summed E-state index contributed by atoms with van der Waals surface area (Å²) in [5.74, 6) is -1.72. The van der Waals surface area contributed by atoms with Gasteiger partial charge < -0.3 is 15.0 Å². The van der Waals surface area contributed by atoms with Gasteiger partial charge in [-0.25, -0.2) is 13.2 Å². The molecule has 8 nitrogen and oxygen atoms in total. The van der Waals surface area contributed by atoms with E-state index in [2.05, 4.69) is 5.32 Å². The van der Waals surface area contributed by atoms with Crippen LogP contribution in [0.2, 0.25) is 0 Å². The molecule has 2 saturated heterocycles. The number of anilines is 1. The number of para-hydroxylation sites is 1. The van der Waals surface area contributed by atoms with Crippen LogP contribution in [0.4, 0.5) is 5.69 Å². The summed E-state index contributed by atoms with van der Waals surface area (Å²) in [4.78, 5) is 38.1. The average molecular weight is 380 g/mol. The molecule has 2 unspecified atom stereocenters. The minimum Gasteiger partial charge on any atom is -0.465 e. The molecule has 0 radical (unpaired) electrons. The Bertz CT molecular complexity index is 851. The van der Waals surface area contributed by atoms with Gasteiger partial charge in [-0.1, -0.05) is 12.1 Å². The number of carbonyl (C=O) groups excluding carboxylic acids is 3. The zero-order valence-corrected chi connectivity index (χ0v) is 15.1. The quantitative estimate of drug-likeness (QED) is 0.760. The van der Waals surface area contributed by atoms with Crippen molar-refractivity contribution in [2.45, 2.75) is 18.9 Å². The van der Waals surface area contributed by atoms with Crippen molar-refractivity contribution in [2.24, 2.45) is 5.92 Å². The zero-order chi connectivity index (χ0) is 18.9. The van der Waals surface area contributed by atoms with E-state index in [1.54, 1.807) is 18.2 Å². The molecule has 0 bridgehead atoms. The van der Waals surface area contributed by atoms with Crippen LogP contribution < -0.4 is 5.32 Å². The van der Waals surface area contributed by atoms with Crippen molar-refractivity contribution in [1.29, 1.82) is 0 Å². The molecule has 2 heterocycles. The van der Waals surface area contributed by atoms with Crippen molar-refractivity contribution in [3.05, 3.63) is 29.8 Å². The van der Waals surface area contributed by atoms with Crippen LogP contribution >= 0.6 is 0 Å². The van der Waals surface area contributed by atoms with Gasteiger partial charge in [-0.15, -0.1) is 0 Å². The normalized spacial score (nSPS) is 24.5. The predicted molar refractivity (Wildman–Crippen MR) is 93.3 cm³/mol. The largest absolute Gasteiger partial charge is 0.465 e. The number of sulfone groups is 1. The third kappa shape index (κ3) is 3.72.